The molecule has 0 spiro atoms. The quantitative estimate of drug-likeness (QED) is 0.489. The fourth-order valence-corrected chi connectivity index (χ4v) is 1.44. The molecule has 1 aliphatic carbocycles. The number of hydrogen-bond donors (Lipinski definition) is 0. The van der Waals surface area contributed by atoms with Gasteiger partial charge in [0.25, 0.3) is 5.85 Å². The van der Waals surface area contributed by atoms with Gasteiger partial charge in [-0.15, -0.1) is 0 Å². The van der Waals surface area contributed by atoms with Crippen LogP contribution in [-0.2, 0) is 9.53 Å². The molecule has 0 aromatic heterocycles. The zero-order valence-electron chi connectivity index (χ0n) is 7.94. The molecule has 1 fully saturated rings. The largest absolute Gasteiger partial charge is 0.425 e. The second-order valence-corrected chi connectivity index (χ2v) is 3.61. The van der Waals surface area contributed by atoms with Crippen molar-refractivity contribution in [3.63, 3.8) is 0 Å². The molecule has 0 heterocycles. The molecule has 0 atom stereocenters. The Hall–Kier alpha value is -0.860. The summed E-state index contributed by atoms with van der Waals surface area (Å²) in [5.74, 6) is -2.35. The van der Waals surface area contributed by atoms with E-state index in [4.69, 9.17) is 4.74 Å². The SMILES string of the molecule is C=C(C)C(=O)OC1(F)CCCCC1. The van der Waals surface area contributed by atoms with E-state index >= 15 is 0 Å². The van der Waals surface area contributed by atoms with Crippen molar-refractivity contribution in [2.75, 3.05) is 0 Å². The van der Waals surface area contributed by atoms with E-state index in [-0.39, 0.29) is 5.57 Å². The fraction of sp³-hybridized carbons (Fsp3) is 0.700. The van der Waals surface area contributed by atoms with E-state index in [9.17, 15) is 9.18 Å². The van der Waals surface area contributed by atoms with Crippen molar-refractivity contribution in [3.05, 3.63) is 12.2 Å². The van der Waals surface area contributed by atoms with Crippen LogP contribution in [-0.4, -0.2) is 11.8 Å². The van der Waals surface area contributed by atoms with Crippen molar-refractivity contribution < 1.29 is 13.9 Å². The maximum absolute atomic E-state index is 13.7. The molecule has 0 N–H and O–H groups in total. The second-order valence-electron chi connectivity index (χ2n) is 3.61. The van der Waals surface area contributed by atoms with Gasteiger partial charge in [0.2, 0.25) is 0 Å². The normalized spacial score (nSPS) is 20.8. The molecular formula is C10H15FO2. The third-order valence-electron chi connectivity index (χ3n) is 2.22. The molecule has 0 amide bonds. The molecule has 0 radical (unpaired) electrons. The van der Waals surface area contributed by atoms with Crippen molar-refractivity contribution in [2.45, 2.75) is 44.9 Å². The van der Waals surface area contributed by atoms with Crippen LogP contribution < -0.4 is 0 Å². The van der Waals surface area contributed by atoms with Gasteiger partial charge in [-0.25, -0.2) is 4.79 Å². The summed E-state index contributed by atoms with van der Waals surface area (Å²) in [5, 5.41) is 0. The van der Waals surface area contributed by atoms with Gasteiger partial charge in [-0.1, -0.05) is 13.0 Å². The zero-order chi connectivity index (χ0) is 9.90. The van der Waals surface area contributed by atoms with Crippen molar-refractivity contribution >= 4 is 5.97 Å². The minimum absolute atomic E-state index is 0.252. The first-order chi connectivity index (χ1) is 6.03. The summed E-state index contributed by atoms with van der Waals surface area (Å²) in [6.45, 7) is 4.93. The van der Waals surface area contributed by atoms with Gasteiger partial charge < -0.3 is 4.74 Å². The molecule has 1 saturated carbocycles. The summed E-state index contributed by atoms with van der Waals surface area (Å²) in [7, 11) is 0. The van der Waals surface area contributed by atoms with Gasteiger partial charge in [0.1, 0.15) is 0 Å². The van der Waals surface area contributed by atoms with E-state index in [1.54, 1.807) is 0 Å². The van der Waals surface area contributed by atoms with E-state index in [1.165, 1.54) is 6.92 Å². The van der Waals surface area contributed by atoms with Crippen LogP contribution in [0.5, 0.6) is 0 Å². The topological polar surface area (TPSA) is 26.3 Å². The smallest absolute Gasteiger partial charge is 0.335 e. The van der Waals surface area contributed by atoms with Crippen LogP contribution >= 0.6 is 0 Å². The fourth-order valence-electron chi connectivity index (χ4n) is 1.44. The monoisotopic (exact) mass is 186 g/mol. The van der Waals surface area contributed by atoms with Crippen molar-refractivity contribution in [2.24, 2.45) is 0 Å². The van der Waals surface area contributed by atoms with Crippen LogP contribution in [0.2, 0.25) is 0 Å². The van der Waals surface area contributed by atoms with E-state index < -0.39 is 11.8 Å². The summed E-state index contributed by atoms with van der Waals surface area (Å²) in [6.07, 6.45) is 3.26. The average molecular weight is 186 g/mol. The van der Waals surface area contributed by atoms with Gasteiger partial charge in [-0.2, -0.15) is 4.39 Å². The lowest BCUT2D eigenvalue weighted by atomic mass is 9.95. The summed E-state index contributed by atoms with van der Waals surface area (Å²) in [4.78, 5) is 11.1. The van der Waals surface area contributed by atoms with Crippen LogP contribution in [0.3, 0.4) is 0 Å². The highest BCUT2D eigenvalue weighted by Crippen LogP contribution is 2.33. The van der Waals surface area contributed by atoms with E-state index in [0.29, 0.717) is 12.8 Å². The highest BCUT2D eigenvalue weighted by Gasteiger charge is 2.35. The molecule has 1 rings (SSSR count). The van der Waals surface area contributed by atoms with Gasteiger partial charge in [-0.3, -0.25) is 0 Å². The lowest BCUT2D eigenvalue weighted by molar-refractivity contribution is -0.185. The van der Waals surface area contributed by atoms with Crippen LogP contribution in [0.4, 0.5) is 4.39 Å². The Bertz CT molecular complexity index is 217. The zero-order valence-corrected chi connectivity index (χ0v) is 7.94. The molecule has 74 valence electrons. The van der Waals surface area contributed by atoms with Crippen molar-refractivity contribution in [1.82, 2.24) is 0 Å². The van der Waals surface area contributed by atoms with Crippen LogP contribution in [0.1, 0.15) is 39.0 Å². The Kier molecular flexibility index (Phi) is 3.07. The van der Waals surface area contributed by atoms with Gasteiger partial charge >= 0.3 is 5.97 Å². The van der Waals surface area contributed by atoms with Gasteiger partial charge in [0.15, 0.2) is 0 Å². The Labute approximate surface area is 77.8 Å². The number of halogens is 1. The summed E-state index contributed by atoms with van der Waals surface area (Å²) < 4.78 is 18.4. The highest BCUT2D eigenvalue weighted by atomic mass is 19.2. The minimum atomic E-state index is -1.73. The molecule has 0 aromatic carbocycles. The van der Waals surface area contributed by atoms with E-state index in [2.05, 4.69) is 6.58 Å². The minimum Gasteiger partial charge on any atom is -0.425 e. The summed E-state index contributed by atoms with van der Waals surface area (Å²) in [6, 6.07) is 0. The third kappa shape index (κ3) is 2.83. The van der Waals surface area contributed by atoms with Gasteiger partial charge in [0, 0.05) is 18.4 Å². The summed E-state index contributed by atoms with van der Waals surface area (Å²) >= 11 is 0. The van der Waals surface area contributed by atoms with Crippen LogP contribution in [0.25, 0.3) is 0 Å². The average Bonchev–Trinajstić information content (AvgIpc) is 2.04. The molecular weight excluding hydrogens is 171 g/mol. The highest BCUT2D eigenvalue weighted by molar-refractivity contribution is 5.87. The molecule has 0 aliphatic heterocycles. The number of rotatable bonds is 2. The van der Waals surface area contributed by atoms with Crippen LogP contribution in [0.15, 0.2) is 12.2 Å². The Morgan fingerprint density at radius 2 is 1.92 bits per heavy atom. The number of ether oxygens (including phenoxy) is 1. The standard InChI is InChI=1S/C10H15FO2/c1-8(2)9(12)13-10(11)6-4-3-5-7-10/h1,3-7H2,2H3. The van der Waals surface area contributed by atoms with Crippen molar-refractivity contribution in [3.8, 4) is 0 Å². The molecule has 13 heavy (non-hydrogen) atoms. The Balaban J connectivity index is 2.50. The number of hydrogen-bond acceptors (Lipinski definition) is 2. The molecule has 1 aliphatic rings. The molecule has 3 heteroatoms. The predicted molar refractivity (Wildman–Crippen MR) is 47.8 cm³/mol. The van der Waals surface area contributed by atoms with Crippen molar-refractivity contribution in [1.29, 1.82) is 0 Å². The molecule has 0 bridgehead atoms. The Morgan fingerprint density at radius 1 is 1.38 bits per heavy atom. The van der Waals surface area contributed by atoms with Crippen LogP contribution in [0, 0.1) is 0 Å². The maximum Gasteiger partial charge on any atom is 0.335 e. The lowest BCUT2D eigenvalue weighted by Gasteiger charge is -2.28. The number of carbonyl (C=O) groups excluding carboxylic acids is 1. The lowest BCUT2D eigenvalue weighted by Crippen LogP contribution is -2.32. The van der Waals surface area contributed by atoms with E-state index in [0.717, 1.165) is 19.3 Å². The second kappa shape index (κ2) is 3.90. The first kappa shape index (κ1) is 10.2. The maximum atomic E-state index is 13.7. The predicted octanol–water partition coefficient (Wildman–Crippen LogP) is 2.74. The summed E-state index contributed by atoms with van der Waals surface area (Å²) in [5.41, 5.74) is 0.252. The number of esters is 1. The molecule has 0 aromatic rings. The first-order valence-electron chi connectivity index (χ1n) is 4.61. The molecule has 0 saturated heterocycles. The third-order valence-corrected chi connectivity index (χ3v) is 2.22. The number of alkyl halides is 1. The van der Waals surface area contributed by atoms with Gasteiger partial charge in [-0.05, 0) is 19.8 Å². The van der Waals surface area contributed by atoms with E-state index in [1.807, 2.05) is 0 Å². The Morgan fingerprint density at radius 3 is 2.38 bits per heavy atom. The first-order valence-corrected chi connectivity index (χ1v) is 4.61. The van der Waals surface area contributed by atoms with Gasteiger partial charge in [0.05, 0.1) is 0 Å². The molecule has 2 nitrogen and oxygen atoms in total. The number of carbonyl (C=O) groups is 1. The molecule has 0 unspecified atom stereocenters.